The van der Waals surface area contributed by atoms with Crippen LogP contribution in [0.4, 0.5) is 5.69 Å². The first-order chi connectivity index (χ1) is 18.4. The van der Waals surface area contributed by atoms with Crippen LogP contribution in [-0.4, -0.2) is 43.7 Å². The number of aromatic nitrogens is 1. The number of thioether (sulfide) groups is 1. The molecule has 0 saturated carbocycles. The number of benzene rings is 2. The summed E-state index contributed by atoms with van der Waals surface area (Å²) in [6.45, 7) is 3.41. The molecular weight excluding hydrogens is 517 g/mol. The Morgan fingerprint density at radius 3 is 2.66 bits per heavy atom. The number of fused-ring (bicyclic) bond motifs is 2. The van der Waals surface area contributed by atoms with Gasteiger partial charge >= 0.3 is 5.97 Å². The zero-order chi connectivity index (χ0) is 26.8. The molecule has 1 aliphatic heterocycles. The maximum atomic E-state index is 13.3. The van der Waals surface area contributed by atoms with Gasteiger partial charge in [-0.3, -0.25) is 14.4 Å². The number of rotatable bonds is 9. The Balaban J connectivity index is 1.45. The standard InChI is InChI=1S/C28H26BN3O4S2/c1-17-18(14-25-31(12-10-27(34)35)20-6-2-4-8-22(20)37-25)28(36)19(17)15-26-32(13-11-30-24(33)16-29)21-7-3-5-9-23(21)38-26/h2-9,14-15H,10-13,16,29H2,1H3,(H-,30,33,34,35)/p+1. The van der Waals surface area contributed by atoms with E-state index in [1.165, 1.54) is 0 Å². The molecule has 7 nitrogen and oxygen atoms in total. The van der Waals surface area contributed by atoms with Crippen molar-refractivity contribution in [1.82, 2.24) is 5.32 Å². The Morgan fingerprint density at radius 2 is 1.89 bits per heavy atom. The van der Waals surface area contributed by atoms with E-state index in [0.29, 0.717) is 37.1 Å². The molecule has 3 aromatic rings. The minimum atomic E-state index is -0.857. The van der Waals surface area contributed by atoms with Crippen LogP contribution in [0.2, 0.25) is 6.32 Å². The monoisotopic (exact) mass is 544 g/mol. The van der Waals surface area contributed by atoms with E-state index < -0.39 is 5.97 Å². The first-order valence-corrected chi connectivity index (χ1v) is 14.1. The Kier molecular flexibility index (Phi) is 7.53. The van der Waals surface area contributed by atoms with Crippen LogP contribution in [0.15, 0.2) is 81.3 Å². The summed E-state index contributed by atoms with van der Waals surface area (Å²) < 4.78 is 3.27. The van der Waals surface area contributed by atoms with E-state index in [4.69, 9.17) is 0 Å². The molecule has 2 aliphatic rings. The van der Waals surface area contributed by atoms with Crippen LogP contribution < -0.4 is 14.8 Å². The number of carboxylic acid groups (broad SMARTS) is 1. The molecule has 1 amide bonds. The van der Waals surface area contributed by atoms with E-state index >= 15 is 0 Å². The highest BCUT2D eigenvalue weighted by Gasteiger charge is 2.33. The number of carbonyl (C=O) groups excluding carboxylic acids is 2. The summed E-state index contributed by atoms with van der Waals surface area (Å²) >= 11 is 3.17. The summed E-state index contributed by atoms with van der Waals surface area (Å²) in [4.78, 5) is 39.3. The number of para-hydroxylation sites is 2. The fraction of sp³-hybridized carbons (Fsp3) is 0.214. The molecule has 2 N–H and O–H groups in total. The number of Topliss-reactive ketones (excluding diaryl/α,β-unsaturated/α-hetero) is 1. The SMILES string of the molecule is BCC(=O)NCC[n+]1c(/C=C2/C(=O)C(/C=C3\Sc4ccccc4N3CCC(=O)O)=C2C)sc2ccccc21. The van der Waals surface area contributed by atoms with Crippen molar-refractivity contribution < 1.29 is 24.1 Å². The molecule has 0 unspecified atom stereocenters. The van der Waals surface area contributed by atoms with Gasteiger partial charge in [-0.25, -0.2) is 0 Å². The van der Waals surface area contributed by atoms with Crippen LogP contribution in [0, 0.1) is 0 Å². The summed E-state index contributed by atoms with van der Waals surface area (Å²) in [7, 11) is 1.83. The number of nitrogens with one attached hydrogen (secondary N) is 1. The van der Waals surface area contributed by atoms with Gasteiger partial charge in [-0.1, -0.05) is 47.4 Å². The molecule has 5 rings (SSSR count). The number of aliphatic carboxylic acids is 1. The Bertz CT molecular complexity index is 1560. The molecule has 1 aromatic heterocycles. The van der Waals surface area contributed by atoms with E-state index in [2.05, 4.69) is 22.0 Å². The maximum absolute atomic E-state index is 13.3. The van der Waals surface area contributed by atoms with E-state index in [1.807, 2.05) is 68.2 Å². The summed E-state index contributed by atoms with van der Waals surface area (Å²) in [5, 5.41) is 14.0. The largest absolute Gasteiger partial charge is 0.481 e. The van der Waals surface area contributed by atoms with Crippen LogP contribution in [0.3, 0.4) is 0 Å². The number of carboxylic acids is 1. The van der Waals surface area contributed by atoms with E-state index in [1.54, 1.807) is 23.1 Å². The molecule has 2 heterocycles. The quantitative estimate of drug-likeness (QED) is 0.243. The zero-order valence-corrected chi connectivity index (χ0v) is 22.8. The molecule has 38 heavy (non-hydrogen) atoms. The van der Waals surface area contributed by atoms with E-state index in [0.717, 1.165) is 36.4 Å². The lowest BCUT2D eigenvalue weighted by atomic mass is 9.82. The number of nitrogens with zero attached hydrogens (tertiary/aromatic N) is 2. The van der Waals surface area contributed by atoms with Gasteiger partial charge in [-0.15, -0.1) is 0 Å². The summed E-state index contributed by atoms with van der Waals surface area (Å²) in [5.41, 5.74) is 4.27. The predicted octanol–water partition coefficient (Wildman–Crippen LogP) is 3.57. The molecule has 0 spiro atoms. The molecule has 0 radical (unpaired) electrons. The highest BCUT2D eigenvalue weighted by Crippen LogP contribution is 2.47. The van der Waals surface area contributed by atoms with Crippen molar-refractivity contribution >= 4 is 70.6 Å². The predicted molar refractivity (Wildman–Crippen MR) is 154 cm³/mol. The normalized spacial score (nSPS) is 16.9. The van der Waals surface area contributed by atoms with Crippen molar-refractivity contribution in [3.05, 3.63) is 81.4 Å². The maximum Gasteiger partial charge on any atom is 0.305 e. The third-order valence-corrected chi connectivity index (χ3v) is 8.86. The van der Waals surface area contributed by atoms with Crippen molar-refractivity contribution in [1.29, 1.82) is 0 Å². The minimum absolute atomic E-state index is 0.00795. The summed E-state index contributed by atoms with van der Waals surface area (Å²) in [6, 6.07) is 16.0. The van der Waals surface area contributed by atoms with Gasteiger partial charge in [0.1, 0.15) is 12.5 Å². The van der Waals surface area contributed by atoms with Gasteiger partial charge in [0, 0.05) is 34.7 Å². The summed E-state index contributed by atoms with van der Waals surface area (Å²) in [6.07, 6.45) is 4.29. The van der Waals surface area contributed by atoms with Crippen molar-refractivity contribution in [3.63, 3.8) is 0 Å². The van der Waals surface area contributed by atoms with Gasteiger partial charge in [-0.05, 0) is 43.1 Å². The zero-order valence-electron chi connectivity index (χ0n) is 21.2. The Morgan fingerprint density at radius 1 is 1.13 bits per heavy atom. The number of ketones is 1. The fourth-order valence-electron chi connectivity index (χ4n) is 4.58. The second kappa shape index (κ2) is 11.0. The van der Waals surface area contributed by atoms with Crippen molar-refractivity contribution in [2.24, 2.45) is 0 Å². The average molecular weight is 544 g/mol. The van der Waals surface area contributed by atoms with Gasteiger partial charge in [-0.2, -0.15) is 4.57 Å². The average Bonchev–Trinajstić information content (AvgIpc) is 3.46. The lowest BCUT2D eigenvalue weighted by molar-refractivity contribution is -0.666. The summed E-state index contributed by atoms with van der Waals surface area (Å²) in [5.74, 6) is -0.863. The van der Waals surface area contributed by atoms with E-state index in [9.17, 15) is 19.5 Å². The van der Waals surface area contributed by atoms with Gasteiger partial charge in [0.25, 0.3) is 5.01 Å². The molecule has 0 saturated heterocycles. The molecule has 0 bridgehead atoms. The highest BCUT2D eigenvalue weighted by molar-refractivity contribution is 8.03. The Labute approximate surface area is 229 Å². The first kappa shape index (κ1) is 26.0. The number of allylic oxidation sites excluding steroid dienone is 4. The molecule has 0 fully saturated rings. The number of amides is 1. The van der Waals surface area contributed by atoms with Crippen LogP contribution in [0.5, 0.6) is 0 Å². The number of thiazole rings is 1. The second-order valence-electron chi connectivity index (χ2n) is 9.04. The van der Waals surface area contributed by atoms with Crippen LogP contribution in [0.25, 0.3) is 16.3 Å². The first-order valence-electron chi connectivity index (χ1n) is 12.5. The Hall–Kier alpha value is -3.63. The van der Waals surface area contributed by atoms with Crippen molar-refractivity contribution in [2.45, 2.75) is 31.1 Å². The lowest BCUT2D eigenvalue weighted by Crippen LogP contribution is -2.41. The third kappa shape index (κ3) is 5.06. The molecule has 0 atom stereocenters. The van der Waals surface area contributed by atoms with Crippen LogP contribution >= 0.6 is 23.1 Å². The smallest absolute Gasteiger partial charge is 0.305 e. The van der Waals surface area contributed by atoms with Gasteiger partial charge in [0.05, 0.1) is 23.7 Å². The van der Waals surface area contributed by atoms with Gasteiger partial charge in [0.2, 0.25) is 11.4 Å². The third-order valence-electron chi connectivity index (χ3n) is 6.63. The second-order valence-corrected chi connectivity index (χ2v) is 11.2. The number of carbonyl (C=O) groups is 3. The van der Waals surface area contributed by atoms with Crippen molar-refractivity contribution in [2.75, 3.05) is 18.0 Å². The molecule has 192 valence electrons. The molecule has 10 heteroatoms. The highest BCUT2D eigenvalue weighted by atomic mass is 32.2. The number of hydrogen-bond acceptors (Lipinski definition) is 6. The molecule has 1 aliphatic carbocycles. The number of anilines is 1. The minimum Gasteiger partial charge on any atom is -0.481 e. The topological polar surface area (TPSA) is 90.6 Å². The van der Waals surface area contributed by atoms with Gasteiger partial charge in [0.15, 0.2) is 12.3 Å². The van der Waals surface area contributed by atoms with Crippen molar-refractivity contribution in [3.8, 4) is 0 Å². The van der Waals surface area contributed by atoms with E-state index in [-0.39, 0.29) is 18.1 Å². The van der Waals surface area contributed by atoms with Crippen LogP contribution in [-0.2, 0) is 20.9 Å². The molecule has 2 aromatic carbocycles. The fourth-order valence-corrected chi connectivity index (χ4v) is 6.85. The number of hydrogen-bond donors (Lipinski definition) is 2. The van der Waals surface area contributed by atoms with Crippen LogP contribution in [0.1, 0.15) is 18.4 Å². The molecular formula is C28H27BN3O4S2+. The lowest BCUT2D eigenvalue weighted by Gasteiger charge is -2.24. The van der Waals surface area contributed by atoms with Gasteiger partial charge < -0.3 is 15.3 Å².